The third-order valence-corrected chi connectivity index (χ3v) is 4.92. The molecule has 31 heavy (non-hydrogen) atoms. The Hall–Kier alpha value is -3.60. The average molecular weight is 418 g/mol. The van der Waals surface area contributed by atoms with Gasteiger partial charge in [-0.2, -0.15) is 0 Å². The van der Waals surface area contributed by atoms with Gasteiger partial charge >= 0.3 is 5.97 Å². The summed E-state index contributed by atoms with van der Waals surface area (Å²) in [6.07, 6.45) is 0. The van der Waals surface area contributed by atoms with E-state index >= 15 is 0 Å². The number of carbonyl (C=O) groups excluding carboxylic acids is 2. The lowest BCUT2D eigenvalue weighted by molar-refractivity contribution is -0.152. The van der Waals surface area contributed by atoms with Gasteiger partial charge in [0.2, 0.25) is 0 Å². The molecule has 3 aromatic rings. The molecule has 0 spiro atoms. The van der Waals surface area contributed by atoms with Gasteiger partial charge in [-0.05, 0) is 35.7 Å². The predicted molar refractivity (Wildman–Crippen MR) is 120 cm³/mol. The number of ether oxygens (including phenoxy) is 2. The average Bonchev–Trinajstić information content (AvgIpc) is 2.80. The molecular formula is C26H27NO4. The van der Waals surface area contributed by atoms with Gasteiger partial charge in [0.1, 0.15) is 11.7 Å². The molecule has 5 heteroatoms. The molecule has 0 aromatic heterocycles. The number of likely N-dealkylation sites (N-methyl/N-ethyl adjacent to an activating group) is 1. The maximum Gasteiger partial charge on any atom is 0.318 e. The molecule has 3 aromatic carbocycles. The smallest absolute Gasteiger partial charge is 0.318 e. The summed E-state index contributed by atoms with van der Waals surface area (Å²) in [5, 5.41) is 0. The molecule has 0 heterocycles. The molecule has 0 fully saturated rings. The summed E-state index contributed by atoms with van der Waals surface area (Å²) in [7, 11) is 1.69. The minimum atomic E-state index is -0.577. The van der Waals surface area contributed by atoms with Gasteiger partial charge in [-0.1, -0.05) is 72.8 Å². The van der Waals surface area contributed by atoms with E-state index in [1.807, 2.05) is 91.9 Å². The second-order valence-electron chi connectivity index (χ2n) is 7.19. The molecule has 0 radical (unpaired) electrons. The van der Waals surface area contributed by atoms with Crippen LogP contribution in [-0.2, 0) is 20.9 Å². The van der Waals surface area contributed by atoms with E-state index in [0.717, 1.165) is 22.4 Å². The fourth-order valence-electron chi connectivity index (χ4n) is 3.30. The van der Waals surface area contributed by atoms with Crippen molar-refractivity contribution in [3.05, 3.63) is 102 Å². The van der Waals surface area contributed by atoms with Crippen molar-refractivity contribution in [1.82, 2.24) is 4.90 Å². The number of amides is 1. The van der Waals surface area contributed by atoms with Gasteiger partial charge in [0.15, 0.2) is 6.61 Å². The highest BCUT2D eigenvalue weighted by Gasteiger charge is 2.25. The minimum Gasteiger partial charge on any atom is -0.494 e. The van der Waals surface area contributed by atoms with Crippen molar-refractivity contribution >= 4 is 11.9 Å². The highest BCUT2D eigenvalue weighted by molar-refractivity contribution is 5.85. The summed E-state index contributed by atoms with van der Waals surface area (Å²) in [6, 6.07) is 26.5. The fourth-order valence-corrected chi connectivity index (χ4v) is 3.30. The molecule has 0 saturated carbocycles. The number of hydrogen-bond acceptors (Lipinski definition) is 4. The lowest BCUT2D eigenvalue weighted by Crippen LogP contribution is -2.31. The minimum absolute atomic E-state index is 0.262. The predicted octanol–water partition coefficient (Wildman–Crippen LogP) is 4.42. The summed E-state index contributed by atoms with van der Waals surface area (Å²) in [5.41, 5.74) is 2.62. The van der Waals surface area contributed by atoms with Gasteiger partial charge in [0.25, 0.3) is 5.91 Å². The first kappa shape index (κ1) is 22.1. The Labute approximate surface area is 183 Å². The molecule has 0 atom stereocenters. The SMILES string of the molecule is CCOc1ccc(CN(C)C(=O)COC(=O)C(c2ccccc2)c2ccccc2)cc1. The van der Waals surface area contributed by atoms with E-state index < -0.39 is 11.9 Å². The molecule has 0 unspecified atom stereocenters. The molecule has 0 aliphatic heterocycles. The molecule has 0 aliphatic carbocycles. The van der Waals surface area contributed by atoms with Gasteiger partial charge in [-0.3, -0.25) is 9.59 Å². The molecule has 1 amide bonds. The molecule has 0 saturated heterocycles. The van der Waals surface area contributed by atoms with E-state index in [2.05, 4.69) is 0 Å². The first-order chi connectivity index (χ1) is 15.1. The summed E-state index contributed by atoms with van der Waals surface area (Å²) in [4.78, 5) is 27.0. The van der Waals surface area contributed by atoms with Crippen LogP contribution in [0.15, 0.2) is 84.9 Å². The molecule has 5 nitrogen and oxygen atoms in total. The van der Waals surface area contributed by atoms with E-state index in [0.29, 0.717) is 13.2 Å². The van der Waals surface area contributed by atoms with Crippen LogP contribution < -0.4 is 4.74 Å². The van der Waals surface area contributed by atoms with E-state index in [1.165, 1.54) is 0 Å². The lowest BCUT2D eigenvalue weighted by Gasteiger charge is -2.20. The third kappa shape index (κ3) is 6.19. The molecule has 0 bridgehead atoms. The van der Waals surface area contributed by atoms with Crippen LogP contribution in [0.1, 0.15) is 29.5 Å². The second kappa shape index (κ2) is 11.0. The van der Waals surface area contributed by atoms with Gasteiger partial charge in [0.05, 0.1) is 6.61 Å². The van der Waals surface area contributed by atoms with E-state index in [9.17, 15) is 9.59 Å². The zero-order valence-corrected chi connectivity index (χ0v) is 17.9. The summed E-state index contributed by atoms with van der Waals surface area (Å²) < 4.78 is 10.9. The molecule has 0 aliphatic rings. The zero-order chi connectivity index (χ0) is 22.1. The maximum absolute atomic E-state index is 12.9. The van der Waals surface area contributed by atoms with Crippen molar-refractivity contribution in [3.8, 4) is 5.75 Å². The molecule has 0 N–H and O–H groups in total. The van der Waals surface area contributed by atoms with Gasteiger partial charge in [0, 0.05) is 13.6 Å². The van der Waals surface area contributed by atoms with Crippen molar-refractivity contribution in [3.63, 3.8) is 0 Å². The highest BCUT2D eigenvalue weighted by atomic mass is 16.5. The van der Waals surface area contributed by atoms with E-state index in [4.69, 9.17) is 9.47 Å². The Morgan fingerprint density at radius 3 is 1.90 bits per heavy atom. The maximum atomic E-state index is 12.9. The van der Waals surface area contributed by atoms with Crippen LogP contribution in [0.2, 0.25) is 0 Å². The largest absolute Gasteiger partial charge is 0.494 e. The molecule has 3 rings (SSSR count). The van der Waals surface area contributed by atoms with Gasteiger partial charge < -0.3 is 14.4 Å². The van der Waals surface area contributed by atoms with Crippen molar-refractivity contribution < 1.29 is 19.1 Å². The van der Waals surface area contributed by atoms with Crippen LogP contribution in [0.5, 0.6) is 5.75 Å². The third-order valence-electron chi connectivity index (χ3n) is 4.92. The number of rotatable bonds is 9. The topological polar surface area (TPSA) is 55.8 Å². The zero-order valence-electron chi connectivity index (χ0n) is 17.9. The Kier molecular flexibility index (Phi) is 7.82. The van der Waals surface area contributed by atoms with Crippen LogP contribution in [0, 0.1) is 0 Å². The van der Waals surface area contributed by atoms with E-state index in [1.54, 1.807) is 11.9 Å². The van der Waals surface area contributed by atoms with Crippen LogP contribution in [0.3, 0.4) is 0 Å². The summed E-state index contributed by atoms with van der Waals surface area (Å²) in [6.45, 7) is 2.66. The number of carbonyl (C=O) groups is 2. The van der Waals surface area contributed by atoms with Crippen LogP contribution in [0.4, 0.5) is 0 Å². The van der Waals surface area contributed by atoms with Crippen molar-refractivity contribution in [2.75, 3.05) is 20.3 Å². The number of hydrogen-bond donors (Lipinski definition) is 0. The second-order valence-corrected chi connectivity index (χ2v) is 7.19. The number of esters is 1. The van der Waals surface area contributed by atoms with Gasteiger partial charge in [-0.15, -0.1) is 0 Å². The highest BCUT2D eigenvalue weighted by Crippen LogP contribution is 2.26. The quantitative estimate of drug-likeness (QED) is 0.484. The number of nitrogens with zero attached hydrogens (tertiary/aromatic N) is 1. The monoisotopic (exact) mass is 417 g/mol. The Morgan fingerprint density at radius 2 is 1.39 bits per heavy atom. The van der Waals surface area contributed by atoms with Crippen molar-refractivity contribution in [1.29, 1.82) is 0 Å². The summed E-state index contributed by atoms with van der Waals surface area (Å²) in [5.74, 6) is -0.490. The first-order valence-corrected chi connectivity index (χ1v) is 10.3. The Bertz CT molecular complexity index is 932. The Morgan fingerprint density at radius 1 is 0.839 bits per heavy atom. The standard InChI is InChI=1S/C26H27NO4/c1-3-30-23-16-14-20(15-17-23)18-27(2)24(28)19-31-26(29)25(21-10-6-4-7-11-21)22-12-8-5-9-13-22/h4-17,25H,3,18-19H2,1-2H3. The molecular weight excluding hydrogens is 390 g/mol. The number of benzene rings is 3. The van der Waals surface area contributed by atoms with Crippen molar-refractivity contribution in [2.24, 2.45) is 0 Å². The van der Waals surface area contributed by atoms with Crippen LogP contribution in [0.25, 0.3) is 0 Å². The molecule has 160 valence electrons. The van der Waals surface area contributed by atoms with Crippen LogP contribution in [-0.4, -0.2) is 37.0 Å². The first-order valence-electron chi connectivity index (χ1n) is 10.3. The van der Waals surface area contributed by atoms with Gasteiger partial charge in [-0.25, -0.2) is 0 Å². The van der Waals surface area contributed by atoms with Crippen molar-refractivity contribution in [2.45, 2.75) is 19.4 Å². The van der Waals surface area contributed by atoms with E-state index in [-0.39, 0.29) is 12.5 Å². The summed E-state index contributed by atoms with van der Waals surface area (Å²) >= 11 is 0. The lowest BCUT2D eigenvalue weighted by atomic mass is 9.91. The normalized spacial score (nSPS) is 10.5. The fraction of sp³-hybridized carbons (Fsp3) is 0.231. The Balaban J connectivity index is 1.61. The van der Waals surface area contributed by atoms with Crippen LogP contribution >= 0.6 is 0 Å².